The first-order valence-electron chi connectivity index (χ1n) is 8.54. The number of aromatic amines is 1. The van der Waals surface area contributed by atoms with Gasteiger partial charge in [-0.25, -0.2) is 23.1 Å². The summed E-state index contributed by atoms with van der Waals surface area (Å²) in [6.45, 7) is 5.41. The molecule has 0 bridgehead atoms. The Balaban J connectivity index is 0.00000261. The highest BCUT2D eigenvalue weighted by Gasteiger charge is 2.25. The van der Waals surface area contributed by atoms with Gasteiger partial charge < -0.3 is 5.32 Å². The minimum atomic E-state index is -3.39. The maximum absolute atomic E-state index is 12.0. The van der Waals surface area contributed by atoms with Gasteiger partial charge in [-0.2, -0.15) is 5.10 Å². The van der Waals surface area contributed by atoms with Crippen LogP contribution in [0.4, 0.5) is 11.6 Å². The van der Waals surface area contributed by atoms with Crippen molar-refractivity contribution in [3.8, 4) is 0 Å². The Labute approximate surface area is 158 Å². The van der Waals surface area contributed by atoms with Gasteiger partial charge in [0, 0.05) is 33.7 Å². The van der Waals surface area contributed by atoms with Crippen molar-refractivity contribution in [1.82, 2.24) is 24.9 Å². The predicted octanol–water partition coefficient (Wildman–Crippen LogP) is 3.29. The Morgan fingerprint density at radius 3 is 2.81 bits per heavy atom. The molecule has 0 amide bonds. The van der Waals surface area contributed by atoms with Gasteiger partial charge in [-0.05, 0) is 45.8 Å². The molecule has 8 nitrogen and oxygen atoms in total. The highest BCUT2D eigenvalue weighted by Crippen LogP contribution is 2.39. The molecule has 146 valence electrons. The number of nitrogens with zero attached hydrogens (tertiary/aromatic N) is 3. The Bertz CT molecular complexity index is 908. The molecule has 26 heavy (non-hydrogen) atoms. The fraction of sp³-hybridized carbons (Fsp3) is 0.471. The van der Waals surface area contributed by atoms with E-state index in [1.165, 1.54) is 18.9 Å². The van der Waals surface area contributed by atoms with Gasteiger partial charge in [-0.3, -0.25) is 5.10 Å². The van der Waals surface area contributed by atoms with Gasteiger partial charge in [-0.1, -0.05) is 6.08 Å². The smallest absolute Gasteiger partial charge is 0.215 e. The fourth-order valence-electron chi connectivity index (χ4n) is 2.45. The number of anilines is 2. The molecule has 2 aromatic heterocycles. The third kappa shape index (κ3) is 5.63. The molecule has 3 N–H and O–H groups in total. The van der Waals surface area contributed by atoms with E-state index in [0.29, 0.717) is 23.4 Å². The molecule has 0 aliphatic heterocycles. The van der Waals surface area contributed by atoms with Crippen molar-refractivity contribution in [3.63, 3.8) is 0 Å². The van der Waals surface area contributed by atoms with Crippen LogP contribution >= 0.6 is 0 Å². The maximum Gasteiger partial charge on any atom is 0.215 e. The summed E-state index contributed by atoms with van der Waals surface area (Å²) in [5, 5.41) is 10.4. The molecule has 0 saturated heterocycles. The van der Waals surface area contributed by atoms with Gasteiger partial charge in [0.15, 0.2) is 11.6 Å². The molecular weight excluding hydrogens is 352 g/mol. The summed E-state index contributed by atoms with van der Waals surface area (Å²) in [5.41, 5.74) is 0.633. The van der Waals surface area contributed by atoms with E-state index in [1.54, 1.807) is 39.1 Å². The lowest BCUT2D eigenvalue weighted by Crippen LogP contribution is -2.41. The first-order chi connectivity index (χ1) is 12.2. The number of nitrogens with one attached hydrogen (secondary N) is 3. The van der Waals surface area contributed by atoms with E-state index in [0.717, 1.165) is 5.69 Å². The largest absolute Gasteiger partial charge is 0.323 e. The average molecular weight is 383 g/mol. The minimum absolute atomic E-state index is 0. The van der Waals surface area contributed by atoms with Crippen LogP contribution in [0.3, 0.4) is 0 Å². The molecule has 2 aromatic rings. The Morgan fingerprint density at radius 2 is 2.12 bits per heavy atom. The maximum atomic E-state index is 12.0. The summed E-state index contributed by atoms with van der Waals surface area (Å²) in [4.78, 5) is 8.49. The Morgan fingerprint density at radius 1 is 1.35 bits per heavy atom. The second-order valence-electron chi connectivity index (χ2n) is 7.44. The summed E-state index contributed by atoms with van der Waals surface area (Å²) >= 11 is 0. The number of rotatable bonds is 7. The zero-order valence-corrected chi connectivity index (χ0v) is 16.0. The van der Waals surface area contributed by atoms with Gasteiger partial charge in [0.2, 0.25) is 10.0 Å². The van der Waals surface area contributed by atoms with Crippen LogP contribution < -0.4 is 10.0 Å². The SMILES string of the molecule is CC(C)(C)NS(=O)(=O)C/C=C/c1nccc(Nc2cc(C3CC3)[nH]n2)n1.[HH].[HH].[HH]. The number of H-pyrrole nitrogens is 1. The van der Waals surface area contributed by atoms with Crippen LogP contribution in [0.15, 0.2) is 24.4 Å². The van der Waals surface area contributed by atoms with E-state index >= 15 is 0 Å². The third-order valence-corrected chi connectivity index (χ3v) is 5.14. The van der Waals surface area contributed by atoms with Crippen LogP contribution in [0, 0.1) is 0 Å². The summed E-state index contributed by atoms with van der Waals surface area (Å²) in [6.07, 6.45) is 7.15. The highest BCUT2D eigenvalue weighted by molar-refractivity contribution is 7.89. The molecule has 3 rings (SSSR count). The van der Waals surface area contributed by atoms with Crippen molar-refractivity contribution in [3.05, 3.63) is 35.9 Å². The number of aromatic nitrogens is 4. The van der Waals surface area contributed by atoms with Crippen LogP contribution in [-0.4, -0.2) is 39.9 Å². The highest BCUT2D eigenvalue weighted by atomic mass is 32.2. The van der Waals surface area contributed by atoms with Crippen molar-refractivity contribution in [2.24, 2.45) is 0 Å². The molecule has 0 unspecified atom stereocenters. The number of sulfonamides is 1. The van der Waals surface area contributed by atoms with E-state index in [1.807, 2.05) is 6.07 Å². The molecule has 1 aliphatic rings. The van der Waals surface area contributed by atoms with E-state index in [2.05, 4.69) is 30.2 Å². The number of hydrogen-bond acceptors (Lipinski definition) is 6. The quantitative estimate of drug-likeness (QED) is 0.677. The van der Waals surface area contributed by atoms with Crippen molar-refractivity contribution < 1.29 is 12.7 Å². The molecular formula is C17H30N6O2S. The zero-order valence-electron chi connectivity index (χ0n) is 15.2. The van der Waals surface area contributed by atoms with E-state index in [9.17, 15) is 8.42 Å². The van der Waals surface area contributed by atoms with Gasteiger partial charge in [0.05, 0.1) is 5.75 Å². The van der Waals surface area contributed by atoms with Crippen molar-refractivity contribution in [2.75, 3.05) is 11.1 Å². The lowest BCUT2D eigenvalue weighted by Gasteiger charge is -2.19. The Kier molecular flexibility index (Phi) is 5.10. The fourth-order valence-corrected chi connectivity index (χ4v) is 3.81. The minimum Gasteiger partial charge on any atom is -0.323 e. The average Bonchev–Trinajstić information content (AvgIpc) is 3.26. The first kappa shape index (κ1) is 18.5. The van der Waals surface area contributed by atoms with E-state index < -0.39 is 15.6 Å². The monoisotopic (exact) mass is 382 g/mol. The van der Waals surface area contributed by atoms with Gasteiger partial charge in [0.25, 0.3) is 0 Å². The summed E-state index contributed by atoms with van der Waals surface area (Å²) < 4.78 is 26.6. The lowest BCUT2D eigenvalue weighted by atomic mass is 10.1. The van der Waals surface area contributed by atoms with E-state index in [4.69, 9.17) is 0 Å². The lowest BCUT2D eigenvalue weighted by molar-refractivity contribution is 0.493. The molecule has 9 heteroatoms. The van der Waals surface area contributed by atoms with Crippen molar-refractivity contribution >= 4 is 27.7 Å². The van der Waals surface area contributed by atoms with Crippen LogP contribution in [0.25, 0.3) is 6.08 Å². The molecule has 0 atom stereocenters. The van der Waals surface area contributed by atoms with Crippen LogP contribution in [0.2, 0.25) is 0 Å². The van der Waals surface area contributed by atoms with Gasteiger partial charge >= 0.3 is 0 Å². The zero-order chi connectivity index (χ0) is 18.8. The standard InChI is InChI=1S/C17H24N6O2S.3H2/c1-17(2,3)23-26(24,25)10-4-5-14-18-9-8-15(19-14)20-16-11-13(21-22-16)12-6-7-12;;;/h4-5,8-9,11-12,23H,6-7,10H2,1-3H3,(H2,18,19,20,21,22);3*1H/b5-4+;;;. The van der Waals surface area contributed by atoms with Gasteiger partial charge in [-0.15, -0.1) is 0 Å². The molecule has 1 fully saturated rings. The molecule has 0 aromatic carbocycles. The third-order valence-electron chi connectivity index (χ3n) is 3.59. The van der Waals surface area contributed by atoms with Crippen LogP contribution in [0.5, 0.6) is 0 Å². The Hall–Kier alpha value is -2.26. The topological polar surface area (TPSA) is 113 Å². The van der Waals surface area contributed by atoms with E-state index in [-0.39, 0.29) is 10.0 Å². The number of hydrogen-bond donors (Lipinski definition) is 3. The second-order valence-corrected chi connectivity index (χ2v) is 9.21. The second kappa shape index (κ2) is 7.16. The van der Waals surface area contributed by atoms with Crippen molar-refractivity contribution in [1.29, 1.82) is 0 Å². The first-order valence-corrected chi connectivity index (χ1v) is 10.2. The summed E-state index contributed by atoms with van der Waals surface area (Å²) in [6, 6.07) is 3.72. The van der Waals surface area contributed by atoms with Crippen LogP contribution in [-0.2, 0) is 10.0 Å². The molecule has 2 heterocycles. The predicted molar refractivity (Wildman–Crippen MR) is 108 cm³/mol. The molecule has 0 spiro atoms. The molecule has 0 radical (unpaired) electrons. The van der Waals surface area contributed by atoms with Gasteiger partial charge in [0.1, 0.15) is 5.82 Å². The molecule has 1 saturated carbocycles. The van der Waals surface area contributed by atoms with Crippen molar-refractivity contribution in [2.45, 2.75) is 45.1 Å². The summed E-state index contributed by atoms with van der Waals surface area (Å²) in [7, 11) is -3.39. The van der Waals surface area contributed by atoms with Crippen LogP contribution in [0.1, 0.15) is 55.3 Å². The molecule has 1 aliphatic carbocycles. The normalized spacial score (nSPS) is 15.5. The summed E-state index contributed by atoms with van der Waals surface area (Å²) in [5.74, 6) is 2.21.